The molecule has 3 heteroatoms. The van der Waals surface area contributed by atoms with Crippen LogP contribution < -0.4 is 0 Å². The normalized spacial score (nSPS) is 27.9. The Morgan fingerprint density at radius 3 is 2.47 bits per heavy atom. The number of hydrogen-bond acceptors (Lipinski definition) is 3. The Kier molecular flexibility index (Phi) is 3.34. The van der Waals surface area contributed by atoms with Gasteiger partial charge in [0.1, 0.15) is 0 Å². The summed E-state index contributed by atoms with van der Waals surface area (Å²) >= 11 is 0. The van der Waals surface area contributed by atoms with Crippen LogP contribution in [0.25, 0.3) is 0 Å². The predicted molar refractivity (Wildman–Crippen MR) is 59.5 cm³/mol. The lowest BCUT2D eigenvalue weighted by Gasteiger charge is -2.35. The Hall–Kier alpha value is -0.930. The molecule has 0 amide bonds. The summed E-state index contributed by atoms with van der Waals surface area (Å²) in [6, 6.07) is 4.15. The zero-order chi connectivity index (χ0) is 10.7. The molecule has 1 aromatic heterocycles. The Labute approximate surface area is 91.1 Å². The van der Waals surface area contributed by atoms with Crippen LogP contribution in [0.15, 0.2) is 24.5 Å². The molecule has 1 aromatic rings. The van der Waals surface area contributed by atoms with Gasteiger partial charge < -0.3 is 4.74 Å². The molecule has 82 valence electrons. The SMILES string of the molecule is CC1CN(Cc2ccncc2)CC(C)O1. The van der Waals surface area contributed by atoms with Crippen molar-refractivity contribution in [2.45, 2.75) is 32.6 Å². The minimum Gasteiger partial charge on any atom is -0.373 e. The predicted octanol–water partition coefficient (Wildman–Crippen LogP) is 1.69. The van der Waals surface area contributed by atoms with Crippen LogP contribution in [-0.2, 0) is 11.3 Å². The van der Waals surface area contributed by atoms with Gasteiger partial charge in [0.15, 0.2) is 0 Å². The molecular weight excluding hydrogens is 188 g/mol. The van der Waals surface area contributed by atoms with Gasteiger partial charge in [0, 0.05) is 32.0 Å². The molecule has 2 rings (SSSR count). The Morgan fingerprint density at radius 2 is 1.87 bits per heavy atom. The van der Waals surface area contributed by atoms with Gasteiger partial charge in [-0.1, -0.05) is 0 Å². The fourth-order valence-electron chi connectivity index (χ4n) is 2.16. The summed E-state index contributed by atoms with van der Waals surface area (Å²) in [5.41, 5.74) is 1.33. The lowest BCUT2D eigenvalue weighted by molar-refractivity contribution is -0.0704. The molecule has 2 heterocycles. The van der Waals surface area contributed by atoms with E-state index in [1.165, 1.54) is 5.56 Å². The molecular formula is C12H18N2O. The van der Waals surface area contributed by atoms with Crippen LogP contribution in [-0.4, -0.2) is 35.2 Å². The largest absolute Gasteiger partial charge is 0.373 e. The van der Waals surface area contributed by atoms with Crippen molar-refractivity contribution in [1.29, 1.82) is 0 Å². The lowest BCUT2D eigenvalue weighted by Crippen LogP contribution is -2.44. The molecule has 15 heavy (non-hydrogen) atoms. The van der Waals surface area contributed by atoms with E-state index in [-0.39, 0.29) is 0 Å². The van der Waals surface area contributed by atoms with Crippen LogP contribution in [0.3, 0.4) is 0 Å². The van der Waals surface area contributed by atoms with Crippen LogP contribution in [0.2, 0.25) is 0 Å². The van der Waals surface area contributed by atoms with Crippen molar-refractivity contribution >= 4 is 0 Å². The van der Waals surface area contributed by atoms with E-state index in [0.29, 0.717) is 12.2 Å². The van der Waals surface area contributed by atoms with E-state index in [0.717, 1.165) is 19.6 Å². The molecule has 0 bridgehead atoms. The zero-order valence-electron chi connectivity index (χ0n) is 9.39. The highest BCUT2D eigenvalue weighted by Crippen LogP contribution is 2.13. The number of hydrogen-bond donors (Lipinski definition) is 0. The van der Waals surface area contributed by atoms with E-state index in [2.05, 4.69) is 35.9 Å². The second kappa shape index (κ2) is 4.73. The van der Waals surface area contributed by atoms with E-state index in [9.17, 15) is 0 Å². The zero-order valence-corrected chi connectivity index (χ0v) is 9.39. The minimum absolute atomic E-state index is 0.343. The van der Waals surface area contributed by atoms with Crippen molar-refractivity contribution in [1.82, 2.24) is 9.88 Å². The Bertz CT molecular complexity index is 292. The van der Waals surface area contributed by atoms with Crippen molar-refractivity contribution < 1.29 is 4.74 Å². The van der Waals surface area contributed by atoms with Gasteiger partial charge in [0.2, 0.25) is 0 Å². The van der Waals surface area contributed by atoms with Crippen molar-refractivity contribution in [3.05, 3.63) is 30.1 Å². The summed E-state index contributed by atoms with van der Waals surface area (Å²) < 4.78 is 5.70. The summed E-state index contributed by atoms with van der Waals surface area (Å²) in [5, 5.41) is 0. The number of rotatable bonds is 2. The molecule has 1 aliphatic heterocycles. The molecule has 2 atom stereocenters. The second-order valence-corrected chi connectivity index (χ2v) is 4.31. The first kappa shape index (κ1) is 10.6. The summed E-state index contributed by atoms with van der Waals surface area (Å²) in [6.07, 6.45) is 4.39. The van der Waals surface area contributed by atoms with Crippen LogP contribution in [0.5, 0.6) is 0 Å². The van der Waals surface area contributed by atoms with Crippen molar-refractivity contribution in [3.8, 4) is 0 Å². The smallest absolute Gasteiger partial charge is 0.0678 e. The van der Waals surface area contributed by atoms with Gasteiger partial charge in [0.05, 0.1) is 12.2 Å². The van der Waals surface area contributed by atoms with Gasteiger partial charge in [-0.2, -0.15) is 0 Å². The highest BCUT2D eigenvalue weighted by molar-refractivity contribution is 5.09. The highest BCUT2D eigenvalue weighted by Gasteiger charge is 2.21. The molecule has 1 fully saturated rings. The molecule has 0 aliphatic carbocycles. The number of ether oxygens (including phenoxy) is 1. The molecule has 1 aliphatic rings. The summed E-state index contributed by atoms with van der Waals surface area (Å²) in [4.78, 5) is 6.46. The molecule has 0 radical (unpaired) electrons. The summed E-state index contributed by atoms with van der Waals surface area (Å²) in [5.74, 6) is 0. The van der Waals surface area contributed by atoms with E-state index in [1.807, 2.05) is 12.4 Å². The van der Waals surface area contributed by atoms with Gasteiger partial charge in [0.25, 0.3) is 0 Å². The van der Waals surface area contributed by atoms with E-state index in [4.69, 9.17) is 4.74 Å². The first-order valence-corrected chi connectivity index (χ1v) is 5.51. The molecule has 0 N–H and O–H groups in total. The topological polar surface area (TPSA) is 25.4 Å². The molecule has 2 unspecified atom stereocenters. The number of morpholine rings is 1. The average molecular weight is 206 g/mol. The second-order valence-electron chi connectivity index (χ2n) is 4.31. The van der Waals surface area contributed by atoms with Crippen LogP contribution in [0.4, 0.5) is 0 Å². The molecule has 0 saturated carbocycles. The fourth-order valence-corrected chi connectivity index (χ4v) is 2.16. The van der Waals surface area contributed by atoms with Crippen molar-refractivity contribution in [2.75, 3.05) is 13.1 Å². The average Bonchev–Trinajstić information content (AvgIpc) is 2.17. The maximum atomic E-state index is 5.70. The number of aromatic nitrogens is 1. The van der Waals surface area contributed by atoms with E-state index in [1.54, 1.807) is 0 Å². The molecule has 3 nitrogen and oxygen atoms in total. The minimum atomic E-state index is 0.343. The first-order chi connectivity index (χ1) is 7.24. The monoisotopic (exact) mass is 206 g/mol. The molecule has 0 spiro atoms. The van der Waals surface area contributed by atoms with E-state index >= 15 is 0 Å². The summed E-state index contributed by atoms with van der Waals surface area (Å²) in [7, 11) is 0. The van der Waals surface area contributed by atoms with Gasteiger partial charge in [-0.3, -0.25) is 9.88 Å². The van der Waals surface area contributed by atoms with Crippen LogP contribution >= 0.6 is 0 Å². The highest BCUT2D eigenvalue weighted by atomic mass is 16.5. The first-order valence-electron chi connectivity index (χ1n) is 5.51. The molecule has 0 aromatic carbocycles. The van der Waals surface area contributed by atoms with Gasteiger partial charge >= 0.3 is 0 Å². The maximum absolute atomic E-state index is 5.70. The quantitative estimate of drug-likeness (QED) is 0.736. The standard InChI is InChI=1S/C12H18N2O/c1-10-7-14(8-11(2)15-10)9-12-3-5-13-6-4-12/h3-6,10-11H,7-9H2,1-2H3. The van der Waals surface area contributed by atoms with Crippen molar-refractivity contribution in [2.24, 2.45) is 0 Å². The Balaban J connectivity index is 1.94. The van der Waals surface area contributed by atoms with Crippen molar-refractivity contribution in [3.63, 3.8) is 0 Å². The third-order valence-corrected chi connectivity index (χ3v) is 2.65. The van der Waals surface area contributed by atoms with Gasteiger partial charge in [-0.05, 0) is 31.5 Å². The van der Waals surface area contributed by atoms with Gasteiger partial charge in [-0.15, -0.1) is 0 Å². The number of nitrogens with zero attached hydrogens (tertiary/aromatic N) is 2. The summed E-state index contributed by atoms with van der Waals surface area (Å²) in [6.45, 7) is 7.31. The number of pyridine rings is 1. The van der Waals surface area contributed by atoms with E-state index < -0.39 is 0 Å². The van der Waals surface area contributed by atoms with Crippen LogP contribution in [0.1, 0.15) is 19.4 Å². The lowest BCUT2D eigenvalue weighted by atomic mass is 10.2. The third kappa shape index (κ3) is 3.01. The fraction of sp³-hybridized carbons (Fsp3) is 0.583. The third-order valence-electron chi connectivity index (χ3n) is 2.65. The Morgan fingerprint density at radius 1 is 1.27 bits per heavy atom. The maximum Gasteiger partial charge on any atom is 0.0678 e. The van der Waals surface area contributed by atoms with Crippen LogP contribution in [0, 0.1) is 0 Å². The van der Waals surface area contributed by atoms with Gasteiger partial charge in [-0.25, -0.2) is 0 Å². The molecule has 1 saturated heterocycles.